The molecule has 0 atom stereocenters. The third-order valence-electron chi connectivity index (χ3n) is 2.42. The van der Waals surface area contributed by atoms with Gasteiger partial charge in [-0.3, -0.25) is 4.68 Å². The van der Waals surface area contributed by atoms with Crippen molar-refractivity contribution in [1.29, 1.82) is 5.26 Å². The lowest BCUT2D eigenvalue weighted by Gasteiger charge is -2.04. The summed E-state index contributed by atoms with van der Waals surface area (Å²) in [5.74, 6) is 0. The number of alkyl halides is 3. The van der Waals surface area contributed by atoms with E-state index in [4.69, 9.17) is 16.9 Å². The minimum Gasteiger partial charge on any atom is -0.260 e. The Labute approximate surface area is 122 Å². The largest absolute Gasteiger partial charge is 0.436 e. The highest BCUT2D eigenvalue weighted by molar-refractivity contribution is 7.99. The monoisotopic (exact) mass is 317 g/mol. The fraction of sp³-hybridized carbons (Fsp3) is 0.167. The molecule has 0 fully saturated rings. The molecule has 2 rings (SSSR count). The molecule has 3 nitrogen and oxygen atoms in total. The number of hydrogen-bond acceptors (Lipinski definition) is 3. The minimum atomic E-state index is -4.66. The number of halogens is 4. The molecule has 2 aromatic rings. The van der Waals surface area contributed by atoms with Gasteiger partial charge in [0.25, 0.3) is 0 Å². The van der Waals surface area contributed by atoms with E-state index in [0.29, 0.717) is 9.92 Å². The molecule has 1 aromatic carbocycles. The highest BCUT2D eigenvalue weighted by atomic mass is 35.5. The molecular weight excluding hydrogens is 311 g/mol. The standard InChI is InChI=1S/C12H7ClF3N3S/c1-19-11(20-9-5-3-2-4-8(9)13)7(6-17)10(18-19)12(14,15)16/h2-5H,1H3. The Morgan fingerprint density at radius 3 is 2.55 bits per heavy atom. The minimum absolute atomic E-state index is 0.105. The second-order valence-electron chi connectivity index (χ2n) is 3.79. The van der Waals surface area contributed by atoms with Crippen molar-refractivity contribution in [3.8, 4) is 6.07 Å². The summed E-state index contributed by atoms with van der Waals surface area (Å²) in [4.78, 5) is 0.558. The number of nitrogens with zero attached hydrogens (tertiary/aromatic N) is 3. The Balaban J connectivity index is 2.51. The SMILES string of the molecule is Cn1nc(C(F)(F)F)c(C#N)c1Sc1ccccc1Cl. The summed E-state index contributed by atoms with van der Waals surface area (Å²) in [6, 6.07) is 8.27. The number of aryl methyl sites for hydroxylation is 1. The number of rotatable bonds is 2. The molecule has 20 heavy (non-hydrogen) atoms. The van der Waals surface area contributed by atoms with Crippen LogP contribution < -0.4 is 0 Å². The predicted molar refractivity (Wildman–Crippen MR) is 68.5 cm³/mol. The molecule has 0 bridgehead atoms. The lowest BCUT2D eigenvalue weighted by molar-refractivity contribution is -0.141. The van der Waals surface area contributed by atoms with Crippen molar-refractivity contribution in [2.24, 2.45) is 7.05 Å². The lowest BCUT2D eigenvalue weighted by Crippen LogP contribution is -2.08. The second kappa shape index (κ2) is 5.38. The van der Waals surface area contributed by atoms with Gasteiger partial charge in [-0.05, 0) is 12.1 Å². The van der Waals surface area contributed by atoms with Crippen molar-refractivity contribution in [2.75, 3.05) is 0 Å². The maximum Gasteiger partial charge on any atom is 0.436 e. The summed E-state index contributed by atoms with van der Waals surface area (Å²) in [5, 5.41) is 12.9. The molecule has 0 saturated heterocycles. The second-order valence-corrected chi connectivity index (χ2v) is 5.23. The topological polar surface area (TPSA) is 41.6 Å². The lowest BCUT2D eigenvalue weighted by atomic mass is 10.2. The third-order valence-corrected chi connectivity index (χ3v) is 4.10. The first-order valence-electron chi connectivity index (χ1n) is 5.31. The zero-order valence-electron chi connectivity index (χ0n) is 10.1. The Morgan fingerprint density at radius 1 is 1.35 bits per heavy atom. The first-order chi connectivity index (χ1) is 9.34. The van der Waals surface area contributed by atoms with Crippen molar-refractivity contribution in [3.63, 3.8) is 0 Å². The molecule has 8 heteroatoms. The molecular formula is C12H7ClF3N3S. The van der Waals surface area contributed by atoms with Gasteiger partial charge in [-0.25, -0.2) is 0 Å². The van der Waals surface area contributed by atoms with Gasteiger partial charge in [0.15, 0.2) is 5.69 Å². The Bertz CT molecular complexity index is 688. The van der Waals surface area contributed by atoms with Crippen LogP contribution in [0.3, 0.4) is 0 Å². The van der Waals surface area contributed by atoms with Crippen molar-refractivity contribution < 1.29 is 13.2 Å². The maximum absolute atomic E-state index is 12.8. The Kier molecular flexibility index (Phi) is 3.97. The summed E-state index contributed by atoms with van der Waals surface area (Å²) in [6.45, 7) is 0. The molecule has 0 aliphatic carbocycles. The van der Waals surface area contributed by atoms with Crippen LogP contribution in [0.2, 0.25) is 5.02 Å². The van der Waals surface area contributed by atoms with Crippen molar-refractivity contribution in [2.45, 2.75) is 16.1 Å². The van der Waals surface area contributed by atoms with E-state index in [1.54, 1.807) is 30.3 Å². The molecule has 0 saturated carbocycles. The molecule has 0 amide bonds. The van der Waals surface area contributed by atoms with Crippen molar-refractivity contribution >= 4 is 23.4 Å². The van der Waals surface area contributed by atoms with Crippen molar-refractivity contribution in [3.05, 3.63) is 40.5 Å². The fourth-order valence-corrected chi connectivity index (χ4v) is 2.75. The van der Waals surface area contributed by atoms with E-state index in [1.807, 2.05) is 0 Å². The van der Waals surface area contributed by atoms with Gasteiger partial charge in [0.1, 0.15) is 16.7 Å². The predicted octanol–water partition coefficient (Wildman–Crippen LogP) is 4.12. The summed E-state index contributed by atoms with van der Waals surface area (Å²) < 4.78 is 39.4. The Morgan fingerprint density at radius 2 is 2.00 bits per heavy atom. The Hall–Kier alpha value is -1.65. The molecule has 1 aromatic heterocycles. The van der Waals surface area contributed by atoms with E-state index in [1.165, 1.54) is 7.05 Å². The van der Waals surface area contributed by atoms with E-state index in [-0.39, 0.29) is 5.03 Å². The molecule has 0 N–H and O–H groups in total. The molecule has 0 aliphatic rings. The molecule has 0 radical (unpaired) electrons. The first-order valence-corrected chi connectivity index (χ1v) is 6.50. The summed E-state index contributed by atoms with van der Waals surface area (Å²) in [5.41, 5.74) is -1.68. The van der Waals surface area contributed by atoms with Gasteiger partial charge >= 0.3 is 6.18 Å². The van der Waals surface area contributed by atoms with E-state index in [2.05, 4.69) is 5.10 Å². The van der Waals surface area contributed by atoms with E-state index < -0.39 is 17.4 Å². The van der Waals surface area contributed by atoms with Gasteiger partial charge in [0.05, 0.1) is 5.02 Å². The van der Waals surface area contributed by atoms with Gasteiger partial charge in [0, 0.05) is 11.9 Å². The highest BCUT2D eigenvalue weighted by Gasteiger charge is 2.39. The number of nitriles is 1. The van der Waals surface area contributed by atoms with Gasteiger partial charge in [-0.2, -0.15) is 23.5 Å². The summed E-state index contributed by atoms with van der Waals surface area (Å²) in [7, 11) is 1.36. The van der Waals surface area contributed by atoms with Gasteiger partial charge in [-0.15, -0.1) is 0 Å². The van der Waals surface area contributed by atoms with Crippen LogP contribution >= 0.6 is 23.4 Å². The van der Waals surface area contributed by atoms with E-state index >= 15 is 0 Å². The molecule has 1 heterocycles. The van der Waals surface area contributed by atoms with Crippen LogP contribution in [0.1, 0.15) is 11.3 Å². The molecule has 0 spiro atoms. The molecule has 104 valence electrons. The normalized spacial score (nSPS) is 11.4. The molecule has 0 aliphatic heterocycles. The van der Waals surface area contributed by atoms with Crippen LogP contribution in [-0.4, -0.2) is 9.78 Å². The quantitative estimate of drug-likeness (QED) is 0.837. The highest BCUT2D eigenvalue weighted by Crippen LogP contribution is 2.39. The van der Waals surface area contributed by atoms with Crippen LogP contribution in [0.5, 0.6) is 0 Å². The zero-order chi connectivity index (χ0) is 14.9. The van der Waals surface area contributed by atoms with E-state index in [9.17, 15) is 13.2 Å². The van der Waals surface area contributed by atoms with Crippen LogP contribution in [0.25, 0.3) is 0 Å². The van der Waals surface area contributed by atoms with Crippen molar-refractivity contribution in [1.82, 2.24) is 9.78 Å². The number of hydrogen-bond donors (Lipinski definition) is 0. The van der Waals surface area contributed by atoms with E-state index in [0.717, 1.165) is 16.4 Å². The smallest absolute Gasteiger partial charge is 0.260 e. The molecule has 0 unspecified atom stereocenters. The average molecular weight is 318 g/mol. The van der Waals surface area contributed by atoms with Crippen LogP contribution in [0.4, 0.5) is 13.2 Å². The van der Waals surface area contributed by atoms with Crippen LogP contribution in [0.15, 0.2) is 34.2 Å². The van der Waals surface area contributed by atoms with Crippen LogP contribution in [-0.2, 0) is 13.2 Å². The number of benzene rings is 1. The average Bonchev–Trinajstić information content (AvgIpc) is 2.69. The van der Waals surface area contributed by atoms with Gasteiger partial charge in [0.2, 0.25) is 0 Å². The zero-order valence-corrected chi connectivity index (χ0v) is 11.6. The first kappa shape index (κ1) is 14.8. The van der Waals surface area contributed by atoms with Crippen LogP contribution in [0, 0.1) is 11.3 Å². The van der Waals surface area contributed by atoms with Gasteiger partial charge < -0.3 is 0 Å². The maximum atomic E-state index is 12.8. The van der Waals surface area contributed by atoms with Gasteiger partial charge in [-0.1, -0.05) is 35.5 Å². The summed E-state index contributed by atoms with van der Waals surface area (Å²) in [6.07, 6.45) is -4.66. The fourth-order valence-electron chi connectivity index (χ4n) is 1.56. The summed E-state index contributed by atoms with van der Waals surface area (Å²) >= 11 is 6.94. The number of aromatic nitrogens is 2. The third kappa shape index (κ3) is 2.76.